The van der Waals surface area contributed by atoms with Crippen LogP contribution in [0.2, 0.25) is 0 Å². The minimum Gasteiger partial charge on any atom is -0.327 e. The lowest BCUT2D eigenvalue weighted by molar-refractivity contribution is -0.0482. The number of aromatic nitrogens is 1. The van der Waals surface area contributed by atoms with Crippen LogP contribution in [-0.2, 0) is 10.2 Å². The van der Waals surface area contributed by atoms with Crippen molar-refractivity contribution in [2.75, 3.05) is 19.8 Å². The van der Waals surface area contributed by atoms with E-state index in [9.17, 15) is 0 Å². The molecular weight excluding hydrogens is 396 g/mol. The van der Waals surface area contributed by atoms with Crippen LogP contribution in [0.5, 0.6) is 0 Å². The van der Waals surface area contributed by atoms with E-state index in [0.717, 1.165) is 42.5 Å². The van der Waals surface area contributed by atoms with E-state index in [-0.39, 0.29) is 0 Å². The Morgan fingerprint density at radius 2 is 1.72 bits per heavy atom. The Labute approximate surface area is 191 Å². The lowest BCUT2D eigenvalue weighted by atomic mass is 9.67. The summed E-state index contributed by atoms with van der Waals surface area (Å²) in [6, 6.07) is 17.7. The van der Waals surface area contributed by atoms with Crippen LogP contribution in [0.3, 0.4) is 0 Å². The number of azo groups is 1. The van der Waals surface area contributed by atoms with Crippen molar-refractivity contribution < 1.29 is 4.74 Å². The molecule has 168 valence electrons. The topological polar surface area (TPSA) is 50.1 Å². The van der Waals surface area contributed by atoms with E-state index in [0.29, 0.717) is 6.73 Å². The molecule has 0 amide bonds. The molecule has 0 spiro atoms. The van der Waals surface area contributed by atoms with Gasteiger partial charge in [0.25, 0.3) is 0 Å². The zero-order valence-electron chi connectivity index (χ0n) is 19.1. The predicted molar refractivity (Wildman–Crippen MR) is 124 cm³/mol. The molecule has 1 aromatic carbocycles. The third-order valence-corrected chi connectivity index (χ3v) is 8.82. The Morgan fingerprint density at radius 3 is 2.41 bits per heavy atom. The number of benzene rings is 1. The van der Waals surface area contributed by atoms with E-state index in [1.54, 1.807) is 0 Å². The van der Waals surface area contributed by atoms with E-state index in [4.69, 9.17) is 14.8 Å². The SMILES string of the molecule is CC1(C(CCN2CC3CC4CC(C3)CC2C4)(c2ccccc2)c2ccccn2)N=NCO1. The number of pyridine rings is 1. The Balaban J connectivity index is 1.40. The van der Waals surface area contributed by atoms with Crippen molar-refractivity contribution in [1.29, 1.82) is 0 Å². The van der Waals surface area contributed by atoms with Crippen molar-refractivity contribution >= 4 is 0 Å². The molecule has 4 fully saturated rings. The number of rotatable bonds is 6. The molecule has 4 unspecified atom stereocenters. The van der Waals surface area contributed by atoms with Gasteiger partial charge in [-0.05, 0) is 87.4 Å². The summed E-state index contributed by atoms with van der Waals surface area (Å²) in [5.41, 5.74) is 0.975. The van der Waals surface area contributed by atoms with Gasteiger partial charge < -0.3 is 9.64 Å². The first-order chi connectivity index (χ1) is 15.7. The summed E-state index contributed by atoms with van der Waals surface area (Å²) in [6.45, 7) is 4.71. The molecule has 2 saturated heterocycles. The summed E-state index contributed by atoms with van der Waals surface area (Å²) in [4.78, 5) is 7.70. The summed E-state index contributed by atoms with van der Waals surface area (Å²) in [5.74, 6) is 2.80. The molecule has 5 aliphatic rings. The second-order valence-corrected chi connectivity index (χ2v) is 10.7. The van der Waals surface area contributed by atoms with Crippen LogP contribution in [0.15, 0.2) is 65.0 Å². The zero-order valence-corrected chi connectivity index (χ0v) is 19.1. The predicted octanol–water partition coefficient (Wildman–Crippen LogP) is 5.42. The Kier molecular flexibility index (Phi) is 5.14. The largest absolute Gasteiger partial charge is 0.327 e. The molecule has 2 saturated carbocycles. The summed E-state index contributed by atoms with van der Waals surface area (Å²) in [7, 11) is 0. The van der Waals surface area contributed by atoms with Gasteiger partial charge in [0.1, 0.15) is 0 Å². The molecule has 2 aromatic rings. The average Bonchev–Trinajstić information content (AvgIpc) is 3.18. The van der Waals surface area contributed by atoms with E-state index < -0.39 is 11.1 Å². The van der Waals surface area contributed by atoms with Gasteiger partial charge in [0.2, 0.25) is 0 Å². The maximum absolute atomic E-state index is 6.30. The standard InChI is InChI=1S/C27H34N4O/c1-26(30-29-19-32-26)27(23-7-3-2-4-8-23,25-9-5-6-11-28-25)10-12-31-18-22-14-20-13-21(15-22)17-24(31)16-20/h2-9,11,20-22,24H,10,12-19H2,1H3. The van der Waals surface area contributed by atoms with Gasteiger partial charge in [-0.25, -0.2) is 0 Å². The van der Waals surface area contributed by atoms with Gasteiger partial charge in [-0.1, -0.05) is 36.4 Å². The average molecular weight is 431 g/mol. The zero-order chi connectivity index (χ0) is 21.6. The van der Waals surface area contributed by atoms with E-state index in [1.165, 1.54) is 44.2 Å². The Hall–Kier alpha value is -2.11. The molecular formula is C27H34N4O. The number of hydrogen-bond donors (Lipinski definition) is 0. The van der Waals surface area contributed by atoms with Crippen molar-refractivity contribution in [2.24, 2.45) is 28.0 Å². The van der Waals surface area contributed by atoms with Crippen molar-refractivity contribution in [3.05, 3.63) is 66.0 Å². The fourth-order valence-electron chi connectivity index (χ4n) is 7.52. The van der Waals surface area contributed by atoms with E-state index in [2.05, 4.69) is 59.4 Å². The van der Waals surface area contributed by atoms with Gasteiger partial charge in [0.05, 0.1) is 11.1 Å². The van der Waals surface area contributed by atoms with Crippen LogP contribution in [0.25, 0.3) is 0 Å². The highest BCUT2D eigenvalue weighted by Gasteiger charge is 2.55. The molecule has 1 aromatic heterocycles. The van der Waals surface area contributed by atoms with Gasteiger partial charge in [0, 0.05) is 18.8 Å². The second kappa shape index (κ2) is 8.03. The molecule has 4 bridgehead atoms. The second-order valence-electron chi connectivity index (χ2n) is 10.7. The quantitative estimate of drug-likeness (QED) is 0.614. The first-order valence-electron chi connectivity index (χ1n) is 12.4. The maximum atomic E-state index is 6.30. The molecule has 0 radical (unpaired) electrons. The monoisotopic (exact) mass is 430 g/mol. The highest BCUT2D eigenvalue weighted by molar-refractivity contribution is 5.40. The number of hydrogen-bond acceptors (Lipinski definition) is 5. The third-order valence-electron chi connectivity index (χ3n) is 8.82. The van der Waals surface area contributed by atoms with Gasteiger partial charge in [-0.2, -0.15) is 10.2 Å². The van der Waals surface area contributed by atoms with Crippen LogP contribution in [0, 0.1) is 17.8 Å². The normalized spacial score (nSPS) is 35.7. The molecule has 3 aliphatic heterocycles. The molecule has 4 atom stereocenters. The first-order valence-corrected chi connectivity index (χ1v) is 12.4. The summed E-state index contributed by atoms with van der Waals surface area (Å²) in [6.07, 6.45) is 9.97. The Bertz CT molecular complexity index is 911. The van der Waals surface area contributed by atoms with Crippen LogP contribution < -0.4 is 0 Å². The van der Waals surface area contributed by atoms with Crippen LogP contribution in [0.1, 0.15) is 56.7 Å². The summed E-state index contributed by atoms with van der Waals surface area (Å²) < 4.78 is 6.30. The molecule has 2 aliphatic carbocycles. The number of ether oxygens (including phenoxy) is 1. The molecule has 4 heterocycles. The van der Waals surface area contributed by atoms with Gasteiger partial charge in [-0.15, -0.1) is 0 Å². The van der Waals surface area contributed by atoms with Crippen LogP contribution in [0.4, 0.5) is 0 Å². The molecule has 0 N–H and O–H groups in total. The minimum atomic E-state index is -0.772. The van der Waals surface area contributed by atoms with Gasteiger partial charge in [0.15, 0.2) is 12.5 Å². The summed E-state index contributed by atoms with van der Waals surface area (Å²) in [5, 5.41) is 9.00. The van der Waals surface area contributed by atoms with Crippen molar-refractivity contribution in [3.8, 4) is 0 Å². The van der Waals surface area contributed by atoms with Crippen LogP contribution >= 0.6 is 0 Å². The summed E-state index contributed by atoms with van der Waals surface area (Å²) >= 11 is 0. The molecule has 32 heavy (non-hydrogen) atoms. The van der Waals surface area contributed by atoms with Crippen molar-refractivity contribution in [2.45, 2.75) is 62.6 Å². The molecule has 7 rings (SSSR count). The van der Waals surface area contributed by atoms with Crippen molar-refractivity contribution in [1.82, 2.24) is 9.88 Å². The lowest BCUT2D eigenvalue weighted by Crippen LogP contribution is -2.52. The highest BCUT2D eigenvalue weighted by atomic mass is 16.5. The highest BCUT2D eigenvalue weighted by Crippen LogP contribution is 2.51. The van der Waals surface area contributed by atoms with E-state index >= 15 is 0 Å². The third kappa shape index (κ3) is 3.32. The fraction of sp³-hybridized carbons (Fsp3) is 0.593. The fourth-order valence-corrected chi connectivity index (χ4v) is 7.52. The molecule has 5 heteroatoms. The molecule has 5 nitrogen and oxygen atoms in total. The van der Waals surface area contributed by atoms with Crippen LogP contribution in [-0.4, -0.2) is 41.5 Å². The number of nitrogens with zero attached hydrogens (tertiary/aromatic N) is 4. The van der Waals surface area contributed by atoms with Gasteiger partial charge in [-0.3, -0.25) is 4.98 Å². The smallest absolute Gasteiger partial charge is 0.193 e. The number of fused-ring (bicyclic) bond motifs is 1. The first kappa shape index (κ1) is 20.5. The lowest BCUT2D eigenvalue weighted by Gasteiger charge is -2.45. The maximum Gasteiger partial charge on any atom is 0.193 e. The van der Waals surface area contributed by atoms with E-state index in [1.807, 2.05) is 12.3 Å². The Morgan fingerprint density at radius 1 is 0.969 bits per heavy atom. The van der Waals surface area contributed by atoms with Gasteiger partial charge >= 0.3 is 0 Å². The van der Waals surface area contributed by atoms with Crippen molar-refractivity contribution in [3.63, 3.8) is 0 Å². The minimum absolute atomic E-state index is 0.315.